The molecule has 2 rings (SSSR count). The minimum absolute atomic E-state index is 0.267. The molecule has 0 bridgehead atoms. The summed E-state index contributed by atoms with van der Waals surface area (Å²) >= 11 is 0. The van der Waals surface area contributed by atoms with Gasteiger partial charge in [0.15, 0.2) is 0 Å². The molecule has 1 aliphatic rings. The maximum Gasteiger partial charge on any atom is 0.235 e. The number of phenolic OH excluding ortho intramolecular Hbond substituents is 1. The molecule has 3 heteroatoms. The van der Waals surface area contributed by atoms with E-state index in [1.807, 2.05) is 13.8 Å². The van der Waals surface area contributed by atoms with E-state index in [2.05, 4.69) is 4.99 Å². The Morgan fingerprint density at radius 3 is 2.25 bits per heavy atom. The zero-order valence-electron chi connectivity index (χ0n) is 9.58. The molecule has 0 radical (unpaired) electrons. The first-order chi connectivity index (χ1) is 7.59. The number of nitrogens with zero attached hydrogens (tertiary/aromatic N) is 1. The zero-order valence-corrected chi connectivity index (χ0v) is 9.58. The normalized spacial score (nSPS) is 17.4. The highest BCUT2D eigenvalue weighted by molar-refractivity contribution is 5.48. The van der Waals surface area contributed by atoms with Crippen molar-refractivity contribution in [1.29, 1.82) is 0 Å². The van der Waals surface area contributed by atoms with Gasteiger partial charge in [-0.3, -0.25) is 0 Å². The van der Waals surface area contributed by atoms with Crippen LogP contribution in [0.25, 0.3) is 0 Å². The van der Waals surface area contributed by atoms with Crippen molar-refractivity contribution in [2.45, 2.75) is 38.6 Å². The van der Waals surface area contributed by atoms with Crippen LogP contribution in [0.2, 0.25) is 0 Å². The Morgan fingerprint density at radius 2 is 1.88 bits per heavy atom. The standard InChI is InChI=1S/C13H15NO2/c1-9-6-11(16)7-10(2)12(9)13(14-8-15)4-3-5-13/h6-7,16H,3-5H2,1-2H3. The average molecular weight is 217 g/mol. The molecule has 0 amide bonds. The number of isocyanates is 1. The van der Waals surface area contributed by atoms with Crippen molar-refractivity contribution in [1.82, 2.24) is 0 Å². The van der Waals surface area contributed by atoms with Gasteiger partial charge in [0.25, 0.3) is 0 Å². The van der Waals surface area contributed by atoms with Crippen molar-refractivity contribution in [3.8, 4) is 5.75 Å². The van der Waals surface area contributed by atoms with Crippen LogP contribution in [0.4, 0.5) is 0 Å². The van der Waals surface area contributed by atoms with E-state index in [-0.39, 0.29) is 11.3 Å². The van der Waals surface area contributed by atoms with Gasteiger partial charge in [0, 0.05) is 0 Å². The molecule has 16 heavy (non-hydrogen) atoms. The molecular formula is C13H15NO2. The third-order valence-electron chi connectivity index (χ3n) is 3.42. The third-order valence-corrected chi connectivity index (χ3v) is 3.42. The van der Waals surface area contributed by atoms with Crippen LogP contribution in [0.1, 0.15) is 36.0 Å². The summed E-state index contributed by atoms with van der Waals surface area (Å²) in [6.45, 7) is 3.89. The van der Waals surface area contributed by atoms with Gasteiger partial charge in [0.05, 0.1) is 5.54 Å². The van der Waals surface area contributed by atoms with Crippen molar-refractivity contribution >= 4 is 6.08 Å². The number of carbonyl (C=O) groups excluding carboxylic acids is 1. The molecule has 1 aliphatic carbocycles. The van der Waals surface area contributed by atoms with E-state index in [1.165, 1.54) is 0 Å². The summed E-state index contributed by atoms with van der Waals surface area (Å²) in [5, 5.41) is 9.50. The van der Waals surface area contributed by atoms with Crippen LogP contribution in [0.5, 0.6) is 5.75 Å². The van der Waals surface area contributed by atoms with Gasteiger partial charge in [-0.05, 0) is 61.9 Å². The Morgan fingerprint density at radius 1 is 1.31 bits per heavy atom. The van der Waals surface area contributed by atoms with E-state index in [4.69, 9.17) is 0 Å². The summed E-state index contributed by atoms with van der Waals surface area (Å²) < 4.78 is 0. The predicted molar refractivity (Wildman–Crippen MR) is 61.2 cm³/mol. The number of benzene rings is 1. The summed E-state index contributed by atoms with van der Waals surface area (Å²) in [6.07, 6.45) is 4.57. The number of rotatable bonds is 2. The Hall–Kier alpha value is -1.60. The fourth-order valence-corrected chi connectivity index (χ4v) is 2.69. The fraction of sp³-hybridized carbons (Fsp3) is 0.462. The van der Waals surface area contributed by atoms with Crippen LogP contribution in [0.3, 0.4) is 0 Å². The van der Waals surface area contributed by atoms with Crippen molar-refractivity contribution in [2.75, 3.05) is 0 Å². The Bertz CT molecular complexity index is 446. The van der Waals surface area contributed by atoms with Gasteiger partial charge in [-0.1, -0.05) is 0 Å². The van der Waals surface area contributed by atoms with E-state index in [0.717, 1.165) is 36.0 Å². The SMILES string of the molecule is Cc1cc(O)cc(C)c1C1(N=C=O)CCC1. The number of aromatic hydroxyl groups is 1. The maximum atomic E-state index is 10.5. The van der Waals surface area contributed by atoms with Crippen LogP contribution in [0, 0.1) is 13.8 Å². The Kier molecular flexibility index (Phi) is 2.56. The van der Waals surface area contributed by atoms with E-state index < -0.39 is 0 Å². The molecule has 1 aromatic carbocycles. The van der Waals surface area contributed by atoms with Gasteiger partial charge in [0.1, 0.15) is 5.75 Å². The smallest absolute Gasteiger partial charge is 0.235 e. The topological polar surface area (TPSA) is 49.7 Å². The molecule has 0 aromatic heterocycles. The second-order valence-corrected chi connectivity index (χ2v) is 4.54. The van der Waals surface area contributed by atoms with Gasteiger partial charge in [0.2, 0.25) is 6.08 Å². The lowest BCUT2D eigenvalue weighted by Crippen LogP contribution is -2.33. The first-order valence-corrected chi connectivity index (χ1v) is 5.49. The first kappa shape index (κ1) is 10.9. The Labute approximate surface area is 94.8 Å². The minimum atomic E-state index is -0.371. The van der Waals surface area contributed by atoms with Crippen LogP contribution < -0.4 is 0 Å². The first-order valence-electron chi connectivity index (χ1n) is 5.49. The summed E-state index contributed by atoms with van der Waals surface area (Å²) in [7, 11) is 0. The summed E-state index contributed by atoms with van der Waals surface area (Å²) in [5.41, 5.74) is 2.70. The van der Waals surface area contributed by atoms with E-state index in [1.54, 1.807) is 18.2 Å². The number of aryl methyl sites for hydroxylation is 2. The van der Waals surface area contributed by atoms with Gasteiger partial charge in [-0.2, -0.15) is 4.99 Å². The number of aliphatic imine (C=N–C) groups is 1. The molecule has 0 saturated heterocycles. The number of phenols is 1. The summed E-state index contributed by atoms with van der Waals surface area (Å²) in [6, 6.07) is 3.45. The lowest BCUT2D eigenvalue weighted by Gasteiger charge is -2.39. The van der Waals surface area contributed by atoms with E-state index in [9.17, 15) is 9.90 Å². The molecule has 3 nitrogen and oxygen atoms in total. The molecule has 84 valence electrons. The van der Waals surface area contributed by atoms with E-state index in [0.29, 0.717) is 0 Å². The predicted octanol–water partition coefficient (Wildman–Crippen LogP) is 2.72. The lowest BCUT2D eigenvalue weighted by atomic mass is 9.69. The molecule has 1 aromatic rings. The van der Waals surface area contributed by atoms with Gasteiger partial charge < -0.3 is 5.11 Å². The summed E-state index contributed by atoms with van der Waals surface area (Å²) in [5.74, 6) is 0.267. The molecule has 0 aliphatic heterocycles. The second-order valence-electron chi connectivity index (χ2n) is 4.54. The van der Waals surface area contributed by atoms with E-state index >= 15 is 0 Å². The highest BCUT2D eigenvalue weighted by Gasteiger charge is 2.40. The molecular weight excluding hydrogens is 202 g/mol. The number of hydrogen-bond donors (Lipinski definition) is 1. The molecule has 0 heterocycles. The number of hydrogen-bond acceptors (Lipinski definition) is 3. The second kappa shape index (κ2) is 3.76. The van der Waals surface area contributed by atoms with Crippen LogP contribution >= 0.6 is 0 Å². The highest BCUT2D eigenvalue weighted by atomic mass is 16.3. The maximum absolute atomic E-state index is 10.5. The van der Waals surface area contributed by atoms with Crippen molar-refractivity contribution in [3.05, 3.63) is 28.8 Å². The van der Waals surface area contributed by atoms with Crippen molar-refractivity contribution < 1.29 is 9.90 Å². The lowest BCUT2D eigenvalue weighted by molar-refractivity contribution is 0.253. The molecule has 0 unspecified atom stereocenters. The third kappa shape index (κ3) is 1.54. The van der Waals surface area contributed by atoms with Gasteiger partial charge >= 0.3 is 0 Å². The average Bonchev–Trinajstić information content (AvgIpc) is 2.12. The van der Waals surface area contributed by atoms with Crippen LogP contribution in [-0.4, -0.2) is 11.2 Å². The summed E-state index contributed by atoms with van der Waals surface area (Å²) in [4.78, 5) is 14.5. The quantitative estimate of drug-likeness (QED) is 0.611. The zero-order chi connectivity index (χ0) is 11.8. The van der Waals surface area contributed by atoms with Crippen LogP contribution in [-0.2, 0) is 10.3 Å². The fourth-order valence-electron chi connectivity index (χ4n) is 2.69. The van der Waals surface area contributed by atoms with Crippen LogP contribution in [0.15, 0.2) is 17.1 Å². The largest absolute Gasteiger partial charge is 0.508 e. The molecule has 1 N–H and O–H groups in total. The van der Waals surface area contributed by atoms with Gasteiger partial charge in [-0.15, -0.1) is 0 Å². The van der Waals surface area contributed by atoms with Crippen molar-refractivity contribution in [2.24, 2.45) is 4.99 Å². The Balaban J connectivity index is 2.58. The minimum Gasteiger partial charge on any atom is -0.508 e. The van der Waals surface area contributed by atoms with Gasteiger partial charge in [-0.25, -0.2) is 4.79 Å². The highest BCUT2D eigenvalue weighted by Crippen LogP contribution is 2.47. The van der Waals surface area contributed by atoms with Crippen molar-refractivity contribution in [3.63, 3.8) is 0 Å². The molecule has 1 fully saturated rings. The monoisotopic (exact) mass is 217 g/mol. The molecule has 1 saturated carbocycles. The molecule has 0 spiro atoms. The molecule has 0 atom stereocenters.